The van der Waals surface area contributed by atoms with Crippen molar-refractivity contribution in [3.63, 3.8) is 0 Å². The van der Waals surface area contributed by atoms with Gasteiger partial charge in [-0.25, -0.2) is 0 Å². The fraction of sp³-hybridized carbons (Fsp3) is 0.214. The molecule has 0 unspecified atom stereocenters. The van der Waals surface area contributed by atoms with Crippen LogP contribution in [0.25, 0.3) is 0 Å². The lowest BCUT2D eigenvalue weighted by Crippen LogP contribution is -2.12. The Kier molecular flexibility index (Phi) is 4.12. The summed E-state index contributed by atoms with van der Waals surface area (Å²) >= 11 is 0. The average Bonchev–Trinajstić information content (AvgIpc) is 2.44. The molecule has 1 aromatic heterocycles. The molecule has 0 radical (unpaired) electrons. The standard InChI is InChI=1S/C14H13F3N2O/c1-20-13-8-4-7-12(19-13)18-9-10-5-2-3-6-11(10)14(15,16)17/h2-8H,9H2,1H3,(H,18,19). The van der Waals surface area contributed by atoms with Crippen LogP contribution in [-0.2, 0) is 12.7 Å². The van der Waals surface area contributed by atoms with Crippen LogP contribution >= 0.6 is 0 Å². The Balaban J connectivity index is 2.15. The summed E-state index contributed by atoms with van der Waals surface area (Å²) in [7, 11) is 1.48. The lowest BCUT2D eigenvalue weighted by molar-refractivity contribution is -0.138. The summed E-state index contributed by atoms with van der Waals surface area (Å²) < 4.78 is 43.4. The molecule has 0 saturated heterocycles. The molecule has 2 aromatic rings. The van der Waals surface area contributed by atoms with Crippen LogP contribution in [0.2, 0.25) is 0 Å². The number of hydrogen-bond donors (Lipinski definition) is 1. The summed E-state index contributed by atoms with van der Waals surface area (Å²) in [6, 6.07) is 10.5. The van der Waals surface area contributed by atoms with Gasteiger partial charge in [0.25, 0.3) is 0 Å². The van der Waals surface area contributed by atoms with Gasteiger partial charge in [0.2, 0.25) is 5.88 Å². The van der Waals surface area contributed by atoms with E-state index in [1.807, 2.05) is 0 Å². The maximum Gasteiger partial charge on any atom is 0.416 e. The lowest BCUT2D eigenvalue weighted by Gasteiger charge is -2.13. The van der Waals surface area contributed by atoms with Crippen molar-refractivity contribution in [2.45, 2.75) is 12.7 Å². The smallest absolute Gasteiger partial charge is 0.416 e. The Morgan fingerprint density at radius 3 is 2.55 bits per heavy atom. The second kappa shape index (κ2) is 5.81. The lowest BCUT2D eigenvalue weighted by atomic mass is 10.1. The molecular weight excluding hydrogens is 269 g/mol. The molecule has 0 bridgehead atoms. The number of aromatic nitrogens is 1. The number of pyridine rings is 1. The normalized spacial score (nSPS) is 11.2. The first-order chi connectivity index (χ1) is 9.50. The van der Waals surface area contributed by atoms with Crippen molar-refractivity contribution in [1.29, 1.82) is 0 Å². The van der Waals surface area contributed by atoms with E-state index < -0.39 is 11.7 Å². The maximum atomic E-state index is 12.8. The molecule has 0 amide bonds. The molecule has 0 atom stereocenters. The fourth-order valence-corrected chi connectivity index (χ4v) is 1.76. The van der Waals surface area contributed by atoms with Crippen LogP contribution in [0.4, 0.5) is 19.0 Å². The third-order valence-corrected chi connectivity index (χ3v) is 2.72. The summed E-state index contributed by atoms with van der Waals surface area (Å²) in [4.78, 5) is 4.08. The molecular formula is C14H13F3N2O. The van der Waals surface area contributed by atoms with Crippen molar-refractivity contribution < 1.29 is 17.9 Å². The summed E-state index contributed by atoms with van der Waals surface area (Å²) in [5.41, 5.74) is -0.472. The summed E-state index contributed by atoms with van der Waals surface area (Å²) in [6.45, 7) is 0.0376. The number of methoxy groups -OCH3 is 1. The van der Waals surface area contributed by atoms with Gasteiger partial charge < -0.3 is 10.1 Å². The van der Waals surface area contributed by atoms with E-state index in [0.717, 1.165) is 6.07 Å². The number of anilines is 1. The van der Waals surface area contributed by atoms with Crippen LogP contribution in [0.3, 0.4) is 0 Å². The topological polar surface area (TPSA) is 34.1 Å². The van der Waals surface area contributed by atoms with Gasteiger partial charge >= 0.3 is 6.18 Å². The maximum absolute atomic E-state index is 12.8. The second-order valence-electron chi connectivity index (χ2n) is 4.07. The van der Waals surface area contributed by atoms with Gasteiger partial charge in [0.1, 0.15) is 5.82 Å². The van der Waals surface area contributed by atoms with Crippen LogP contribution in [0.5, 0.6) is 5.88 Å². The van der Waals surface area contributed by atoms with Crippen molar-refractivity contribution in [2.75, 3.05) is 12.4 Å². The van der Waals surface area contributed by atoms with Gasteiger partial charge in [0, 0.05) is 12.6 Å². The van der Waals surface area contributed by atoms with E-state index in [2.05, 4.69) is 10.3 Å². The molecule has 106 valence electrons. The Morgan fingerprint density at radius 1 is 1.10 bits per heavy atom. The van der Waals surface area contributed by atoms with Crippen molar-refractivity contribution in [1.82, 2.24) is 4.98 Å². The van der Waals surface area contributed by atoms with Crippen LogP contribution in [0.1, 0.15) is 11.1 Å². The first kappa shape index (κ1) is 14.2. The average molecular weight is 282 g/mol. The number of hydrogen-bond acceptors (Lipinski definition) is 3. The molecule has 2 rings (SSSR count). The highest BCUT2D eigenvalue weighted by Gasteiger charge is 2.32. The van der Waals surface area contributed by atoms with Crippen molar-refractivity contribution >= 4 is 5.82 Å². The molecule has 1 heterocycles. The van der Waals surface area contributed by atoms with Crippen molar-refractivity contribution in [3.8, 4) is 5.88 Å². The summed E-state index contributed by atoms with van der Waals surface area (Å²) in [5, 5.41) is 2.86. The highest BCUT2D eigenvalue weighted by molar-refractivity contribution is 5.40. The van der Waals surface area contributed by atoms with Crippen LogP contribution < -0.4 is 10.1 Å². The summed E-state index contributed by atoms with van der Waals surface area (Å²) in [6.07, 6.45) is -4.36. The number of nitrogens with one attached hydrogen (secondary N) is 1. The largest absolute Gasteiger partial charge is 0.481 e. The Labute approximate surface area is 114 Å². The van der Waals surface area contributed by atoms with E-state index in [9.17, 15) is 13.2 Å². The number of ether oxygens (including phenoxy) is 1. The second-order valence-corrected chi connectivity index (χ2v) is 4.07. The van der Waals surface area contributed by atoms with Crippen molar-refractivity contribution in [3.05, 3.63) is 53.6 Å². The third kappa shape index (κ3) is 3.40. The first-order valence-corrected chi connectivity index (χ1v) is 5.91. The van der Waals surface area contributed by atoms with E-state index in [1.165, 1.54) is 19.2 Å². The van der Waals surface area contributed by atoms with E-state index in [-0.39, 0.29) is 12.1 Å². The molecule has 20 heavy (non-hydrogen) atoms. The quantitative estimate of drug-likeness (QED) is 0.928. The fourth-order valence-electron chi connectivity index (χ4n) is 1.76. The molecule has 1 aromatic carbocycles. The minimum absolute atomic E-state index is 0.0376. The Bertz CT molecular complexity index is 585. The highest BCUT2D eigenvalue weighted by atomic mass is 19.4. The first-order valence-electron chi connectivity index (χ1n) is 5.91. The predicted octanol–water partition coefficient (Wildman–Crippen LogP) is 3.72. The van der Waals surface area contributed by atoms with Gasteiger partial charge in [-0.05, 0) is 17.7 Å². The molecule has 3 nitrogen and oxygen atoms in total. The van der Waals surface area contributed by atoms with Gasteiger partial charge in [-0.1, -0.05) is 24.3 Å². The van der Waals surface area contributed by atoms with Gasteiger partial charge in [-0.2, -0.15) is 18.2 Å². The van der Waals surface area contributed by atoms with E-state index in [4.69, 9.17) is 4.74 Å². The number of alkyl halides is 3. The monoisotopic (exact) mass is 282 g/mol. The van der Waals surface area contributed by atoms with Crippen molar-refractivity contribution in [2.24, 2.45) is 0 Å². The molecule has 0 aliphatic rings. The molecule has 6 heteroatoms. The SMILES string of the molecule is COc1cccc(NCc2ccccc2C(F)(F)F)n1. The number of halogens is 3. The van der Waals surface area contributed by atoms with Gasteiger partial charge in [-0.15, -0.1) is 0 Å². The molecule has 1 N–H and O–H groups in total. The number of rotatable bonds is 4. The third-order valence-electron chi connectivity index (χ3n) is 2.72. The van der Waals surface area contributed by atoms with Gasteiger partial charge in [-0.3, -0.25) is 0 Å². The van der Waals surface area contributed by atoms with E-state index >= 15 is 0 Å². The Morgan fingerprint density at radius 2 is 1.85 bits per heavy atom. The highest BCUT2D eigenvalue weighted by Crippen LogP contribution is 2.32. The van der Waals surface area contributed by atoms with Crippen LogP contribution in [0.15, 0.2) is 42.5 Å². The van der Waals surface area contributed by atoms with Gasteiger partial charge in [0.15, 0.2) is 0 Å². The Hall–Kier alpha value is -2.24. The number of benzene rings is 1. The summed E-state index contributed by atoms with van der Waals surface area (Å²) in [5.74, 6) is 0.862. The predicted molar refractivity (Wildman–Crippen MR) is 69.6 cm³/mol. The van der Waals surface area contributed by atoms with E-state index in [0.29, 0.717) is 11.7 Å². The zero-order valence-electron chi connectivity index (χ0n) is 10.7. The van der Waals surface area contributed by atoms with Crippen LogP contribution in [0, 0.1) is 0 Å². The molecule has 0 fully saturated rings. The van der Waals surface area contributed by atoms with Gasteiger partial charge in [0.05, 0.1) is 12.7 Å². The zero-order chi connectivity index (χ0) is 14.6. The molecule has 0 aliphatic carbocycles. The zero-order valence-corrected chi connectivity index (χ0v) is 10.7. The number of nitrogens with zero attached hydrogens (tertiary/aromatic N) is 1. The van der Waals surface area contributed by atoms with E-state index in [1.54, 1.807) is 24.3 Å². The molecule has 0 spiro atoms. The molecule has 0 aliphatic heterocycles. The minimum Gasteiger partial charge on any atom is -0.481 e. The molecule has 0 saturated carbocycles. The minimum atomic E-state index is -4.36. The van der Waals surface area contributed by atoms with Crippen LogP contribution in [-0.4, -0.2) is 12.1 Å².